The molecule has 5 saturated heterocycles. The Morgan fingerprint density at radius 2 is 2.04 bits per heavy atom. The molecule has 4 nitrogen and oxygen atoms in total. The number of rotatable bonds is 1. The number of piperidine rings is 3. The van der Waals surface area contributed by atoms with Crippen molar-refractivity contribution in [1.29, 1.82) is 0 Å². The Hall–Kier alpha value is -1.49. The standard InChI is InChI=1S/C20H22N2O2S/c1-2-19-8-5-10-22-17(23)15-14-12-6-3-4-7-13(12)21(11-9-19)16(14)20(19,22)25-18(15)24/h3-4,6-7,14-16H,2,5,8-11H2,1H3/t14?,15-,16?,19+,20+/m0/s1. The molecule has 2 bridgehead atoms. The molecule has 5 fully saturated rings. The van der Waals surface area contributed by atoms with Crippen LogP contribution in [0.25, 0.3) is 0 Å². The highest BCUT2D eigenvalue weighted by Crippen LogP contribution is 2.71. The Labute approximate surface area is 151 Å². The second kappa shape index (κ2) is 4.43. The van der Waals surface area contributed by atoms with E-state index in [1.54, 1.807) is 0 Å². The van der Waals surface area contributed by atoms with Gasteiger partial charge >= 0.3 is 0 Å². The molecule has 7 rings (SSSR count). The summed E-state index contributed by atoms with van der Waals surface area (Å²) in [6.45, 7) is 4.14. The minimum absolute atomic E-state index is 0.0537. The molecule has 5 atom stereocenters. The fourth-order valence-corrected chi connectivity index (χ4v) is 8.76. The van der Waals surface area contributed by atoms with E-state index >= 15 is 0 Å². The summed E-state index contributed by atoms with van der Waals surface area (Å²) in [5, 5.41) is 0.126. The largest absolute Gasteiger partial charge is 0.364 e. The summed E-state index contributed by atoms with van der Waals surface area (Å²) in [6, 6.07) is 8.76. The Morgan fingerprint density at radius 3 is 2.88 bits per heavy atom. The molecule has 1 spiro atoms. The molecule has 2 unspecified atom stereocenters. The maximum atomic E-state index is 13.4. The Bertz CT molecular complexity index is 826. The number of hydrogen-bond donors (Lipinski definition) is 0. The molecule has 6 heterocycles. The summed E-state index contributed by atoms with van der Waals surface area (Å²) in [5.74, 6) is -0.312. The molecule has 5 heteroatoms. The molecular weight excluding hydrogens is 332 g/mol. The van der Waals surface area contributed by atoms with Gasteiger partial charge in [0.05, 0.1) is 6.04 Å². The fraction of sp³-hybridized carbons (Fsp3) is 0.600. The Balaban J connectivity index is 1.67. The first-order valence-corrected chi connectivity index (χ1v) is 10.4. The average molecular weight is 354 g/mol. The highest BCUT2D eigenvalue weighted by molar-refractivity contribution is 8.15. The Morgan fingerprint density at radius 1 is 1.20 bits per heavy atom. The van der Waals surface area contributed by atoms with E-state index < -0.39 is 5.92 Å². The van der Waals surface area contributed by atoms with Crippen molar-refractivity contribution >= 4 is 28.5 Å². The van der Waals surface area contributed by atoms with E-state index in [1.807, 2.05) is 0 Å². The lowest BCUT2D eigenvalue weighted by atomic mass is 9.58. The van der Waals surface area contributed by atoms with Gasteiger partial charge in [-0.3, -0.25) is 9.59 Å². The van der Waals surface area contributed by atoms with Crippen LogP contribution in [0.3, 0.4) is 0 Å². The lowest BCUT2D eigenvalue weighted by molar-refractivity contribution is -0.166. The van der Waals surface area contributed by atoms with Gasteiger partial charge in [0, 0.05) is 30.1 Å². The first-order valence-electron chi connectivity index (χ1n) is 9.54. The van der Waals surface area contributed by atoms with Gasteiger partial charge in [-0.25, -0.2) is 0 Å². The van der Waals surface area contributed by atoms with Crippen molar-refractivity contribution < 1.29 is 9.59 Å². The van der Waals surface area contributed by atoms with Crippen LogP contribution in [0, 0.1) is 11.3 Å². The first-order chi connectivity index (χ1) is 12.1. The number of thioether (sulfide) groups is 1. The van der Waals surface area contributed by atoms with Crippen molar-refractivity contribution in [2.75, 3.05) is 18.0 Å². The quantitative estimate of drug-likeness (QED) is 0.727. The number of amides is 1. The second-order valence-corrected chi connectivity index (χ2v) is 9.52. The molecule has 0 aliphatic carbocycles. The second-order valence-electron chi connectivity index (χ2n) is 8.30. The van der Waals surface area contributed by atoms with Crippen LogP contribution in [0.2, 0.25) is 0 Å². The zero-order chi connectivity index (χ0) is 17.0. The molecule has 0 N–H and O–H groups in total. The van der Waals surface area contributed by atoms with Crippen LogP contribution in [-0.2, 0) is 9.59 Å². The predicted octanol–water partition coefficient (Wildman–Crippen LogP) is 2.98. The molecule has 0 radical (unpaired) electrons. The molecule has 0 aromatic heterocycles. The number of fused-ring (bicyclic) bond motifs is 3. The summed E-state index contributed by atoms with van der Waals surface area (Å²) in [5.41, 5.74) is 2.58. The minimum Gasteiger partial charge on any atom is -0.364 e. The number of nitrogens with zero attached hydrogens (tertiary/aromatic N) is 2. The first kappa shape index (κ1) is 14.7. The van der Waals surface area contributed by atoms with Crippen molar-refractivity contribution in [3.05, 3.63) is 29.8 Å². The lowest BCUT2D eigenvalue weighted by Gasteiger charge is -2.71. The molecule has 6 aliphatic heterocycles. The summed E-state index contributed by atoms with van der Waals surface area (Å²) in [7, 11) is 0. The van der Waals surface area contributed by atoms with Crippen LogP contribution in [-0.4, -0.2) is 39.9 Å². The summed E-state index contributed by atoms with van der Waals surface area (Å²) in [4.78, 5) is 30.8. The average Bonchev–Trinajstić information content (AvgIpc) is 2.97. The predicted molar refractivity (Wildman–Crippen MR) is 97.4 cm³/mol. The van der Waals surface area contributed by atoms with E-state index in [0.717, 1.165) is 38.8 Å². The third kappa shape index (κ3) is 1.36. The van der Waals surface area contributed by atoms with E-state index in [2.05, 4.69) is 41.0 Å². The molecule has 1 amide bonds. The van der Waals surface area contributed by atoms with Crippen LogP contribution in [0.15, 0.2) is 24.3 Å². The van der Waals surface area contributed by atoms with Gasteiger partial charge in [0.1, 0.15) is 10.8 Å². The zero-order valence-electron chi connectivity index (χ0n) is 14.4. The molecular formula is C20H22N2O2S. The van der Waals surface area contributed by atoms with Crippen LogP contribution >= 0.6 is 11.8 Å². The number of benzene rings is 1. The van der Waals surface area contributed by atoms with E-state index in [9.17, 15) is 9.59 Å². The van der Waals surface area contributed by atoms with Crippen molar-refractivity contribution in [1.82, 2.24) is 4.90 Å². The topological polar surface area (TPSA) is 40.6 Å². The van der Waals surface area contributed by atoms with Crippen LogP contribution < -0.4 is 4.90 Å². The molecule has 25 heavy (non-hydrogen) atoms. The summed E-state index contributed by atoms with van der Waals surface area (Å²) in [6.07, 6.45) is 4.35. The Kier molecular flexibility index (Phi) is 2.59. The fourth-order valence-electron chi connectivity index (χ4n) is 6.83. The van der Waals surface area contributed by atoms with Crippen LogP contribution in [0.1, 0.15) is 44.1 Å². The summed E-state index contributed by atoms with van der Waals surface area (Å²) >= 11 is 1.53. The van der Waals surface area contributed by atoms with Crippen molar-refractivity contribution in [3.8, 4) is 0 Å². The maximum Gasteiger partial charge on any atom is 0.236 e. The van der Waals surface area contributed by atoms with E-state index in [1.165, 1.54) is 23.0 Å². The van der Waals surface area contributed by atoms with Gasteiger partial charge in [0.25, 0.3) is 0 Å². The third-order valence-corrected chi connectivity index (χ3v) is 9.45. The molecule has 1 aromatic carbocycles. The molecule has 0 saturated carbocycles. The van der Waals surface area contributed by atoms with Gasteiger partial charge in [-0.15, -0.1) is 0 Å². The third-order valence-electron chi connectivity index (χ3n) is 7.79. The molecule has 130 valence electrons. The van der Waals surface area contributed by atoms with Crippen molar-refractivity contribution in [2.24, 2.45) is 11.3 Å². The van der Waals surface area contributed by atoms with E-state index in [-0.39, 0.29) is 33.3 Å². The number of para-hydroxylation sites is 1. The van der Waals surface area contributed by atoms with Gasteiger partial charge in [0.2, 0.25) is 11.0 Å². The summed E-state index contributed by atoms with van der Waals surface area (Å²) < 4.78 is 0. The van der Waals surface area contributed by atoms with E-state index in [4.69, 9.17) is 0 Å². The highest BCUT2D eigenvalue weighted by atomic mass is 32.2. The van der Waals surface area contributed by atoms with Crippen molar-refractivity contribution in [3.63, 3.8) is 0 Å². The SMILES string of the molecule is CC[C@]12CCCN3C(=O)[C@H]4C(=O)S[C@@]31C1C4c3ccccc3N1CC2. The van der Waals surface area contributed by atoms with Gasteiger partial charge in [-0.1, -0.05) is 36.9 Å². The zero-order valence-corrected chi connectivity index (χ0v) is 15.2. The van der Waals surface area contributed by atoms with Crippen LogP contribution in [0.5, 0.6) is 0 Å². The smallest absolute Gasteiger partial charge is 0.236 e. The van der Waals surface area contributed by atoms with Gasteiger partial charge in [-0.05, 0) is 37.3 Å². The molecule has 6 aliphatic rings. The minimum atomic E-state index is -0.478. The lowest BCUT2D eigenvalue weighted by Crippen LogP contribution is -2.81. The van der Waals surface area contributed by atoms with E-state index in [0.29, 0.717) is 0 Å². The van der Waals surface area contributed by atoms with Gasteiger partial charge in [-0.2, -0.15) is 0 Å². The molecule has 1 aromatic rings. The number of carbonyl (C=O) groups excluding carboxylic acids is 2. The highest BCUT2D eigenvalue weighted by Gasteiger charge is 2.77. The van der Waals surface area contributed by atoms with Crippen LogP contribution in [0.4, 0.5) is 5.69 Å². The number of carbonyl (C=O) groups is 2. The number of hydrogen-bond acceptors (Lipinski definition) is 4. The monoisotopic (exact) mass is 354 g/mol. The van der Waals surface area contributed by atoms with Gasteiger partial charge < -0.3 is 9.80 Å². The van der Waals surface area contributed by atoms with Crippen molar-refractivity contribution in [2.45, 2.75) is 49.4 Å². The van der Waals surface area contributed by atoms with Gasteiger partial charge in [0.15, 0.2) is 0 Å². The number of anilines is 1. The normalized spacial score (nSPS) is 43.3. The maximum absolute atomic E-state index is 13.4.